The zero-order chi connectivity index (χ0) is 18.0. The van der Waals surface area contributed by atoms with Gasteiger partial charge in [0.15, 0.2) is 0 Å². The van der Waals surface area contributed by atoms with Crippen LogP contribution in [0.4, 0.5) is 0 Å². The maximum absolute atomic E-state index is 5.76. The van der Waals surface area contributed by atoms with E-state index in [2.05, 4.69) is 72.1 Å². The lowest BCUT2D eigenvalue weighted by Gasteiger charge is -2.18. The van der Waals surface area contributed by atoms with Crippen molar-refractivity contribution in [2.75, 3.05) is 0 Å². The van der Waals surface area contributed by atoms with Crippen molar-refractivity contribution in [3.8, 4) is 11.5 Å². The van der Waals surface area contributed by atoms with E-state index in [1.54, 1.807) is 0 Å². The standard InChI is InChI=1S/C18H23N5OS/c1-11(2)15-19-17(23-21-15)25-10-14-20-22-16(24-14)12-6-8-13(9-7-12)18(3,4)5/h6-9,11H,10H2,1-5H3,(H,19,21,23). The first-order valence-corrected chi connectivity index (χ1v) is 9.30. The SMILES string of the molecule is CC(C)c1nc(SCc2nnc(-c3ccc(C(C)(C)C)cc3)o2)n[nH]1. The van der Waals surface area contributed by atoms with Crippen molar-refractivity contribution in [1.82, 2.24) is 25.4 Å². The van der Waals surface area contributed by atoms with Crippen LogP contribution < -0.4 is 0 Å². The third-order valence-electron chi connectivity index (χ3n) is 3.82. The highest BCUT2D eigenvalue weighted by Crippen LogP contribution is 2.26. The first-order valence-electron chi connectivity index (χ1n) is 8.31. The van der Waals surface area contributed by atoms with Gasteiger partial charge in [0.25, 0.3) is 0 Å². The van der Waals surface area contributed by atoms with Crippen LogP contribution in [0.5, 0.6) is 0 Å². The van der Waals surface area contributed by atoms with E-state index in [1.165, 1.54) is 17.3 Å². The average Bonchev–Trinajstić information content (AvgIpc) is 3.22. The van der Waals surface area contributed by atoms with E-state index in [0.717, 1.165) is 11.4 Å². The number of nitrogens with zero attached hydrogens (tertiary/aromatic N) is 4. The molecule has 0 radical (unpaired) electrons. The summed E-state index contributed by atoms with van der Waals surface area (Å²) in [6.45, 7) is 10.7. The lowest BCUT2D eigenvalue weighted by Crippen LogP contribution is -2.10. The largest absolute Gasteiger partial charge is 0.420 e. The highest BCUT2D eigenvalue weighted by atomic mass is 32.2. The molecule has 0 saturated heterocycles. The van der Waals surface area contributed by atoms with Gasteiger partial charge in [0.05, 0.1) is 5.75 Å². The summed E-state index contributed by atoms with van der Waals surface area (Å²) in [5.74, 6) is 2.85. The Morgan fingerprint density at radius 2 is 1.84 bits per heavy atom. The van der Waals surface area contributed by atoms with Gasteiger partial charge in [-0.3, -0.25) is 5.10 Å². The predicted molar refractivity (Wildman–Crippen MR) is 98.5 cm³/mol. The van der Waals surface area contributed by atoms with Crippen LogP contribution in [0.1, 0.15) is 57.8 Å². The summed E-state index contributed by atoms with van der Waals surface area (Å²) in [5, 5.41) is 16.1. The number of aromatic nitrogens is 5. The first kappa shape index (κ1) is 17.7. The Morgan fingerprint density at radius 3 is 2.44 bits per heavy atom. The maximum Gasteiger partial charge on any atom is 0.247 e. The van der Waals surface area contributed by atoms with Gasteiger partial charge in [-0.1, -0.05) is 58.5 Å². The molecule has 0 spiro atoms. The molecule has 25 heavy (non-hydrogen) atoms. The molecule has 1 aromatic carbocycles. The number of nitrogens with one attached hydrogen (secondary N) is 1. The van der Waals surface area contributed by atoms with Crippen LogP contribution in [0.2, 0.25) is 0 Å². The molecule has 0 bridgehead atoms. The van der Waals surface area contributed by atoms with Gasteiger partial charge in [-0.05, 0) is 23.1 Å². The highest BCUT2D eigenvalue weighted by molar-refractivity contribution is 7.98. The Bertz CT molecular complexity index is 830. The maximum atomic E-state index is 5.76. The van der Waals surface area contributed by atoms with Crippen molar-refractivity contribution in [2.24, 2.45) is 0 Å². The van der Waals surface area contributed by atoms with E-state index in [0.29, 0.717) is 28.6 Å². The molecule has 6 nitrogen and oxygen atoms in total. The second-order valence-corrected chi connectivity index (χ2v) is 8.22. The van der Waals surface area contributed by atoms with Gasteiger partial charge in [-0.2, -0.15) is 0 Å². The molecule has 0 unspecified atom stereocenters. The van der Waals surface area contributed by atoms with Gasteiger partial charge in [0.2, 0.25) is 16.9 Å². The molecule has 0 aliphatic rings. The second kappa shape index (κ2) is 7.00. The number of rotatable bonds is 5. The Labute approximate surface area is 151 Å². The summed E-state index contributed by atoms with van der Waals surface area (Å²) in [6.07, 6.45) is 0. The first-order chi connectivity index (χ1) is 11.8. The fourth-order valence-corrected chi connectivity index (χ4v) is 2.89. The quantitative estimate of drug-likeness (QED) is 0.674. The lowest BCUT2D eigenvalue weighted by atomic mass is 9.87. The molecule has 0 amide bonds. The molecule has 3 aromatic rings. The summed E-state index contributed by atoms with van der Waals surface area (Å²) < 4.78 is 5.76. The molecule has 2 heterocycles. The molecule has 1 N–H and O–H groups in total. The normalized spacial score (nSPS) is 12.1. The van der Waals surface area contributed by atoms with Crippen LogP contribution in [0, 0.1) is 0 Å². The van der Waals surface area contributed by atoms with E-state index < -0.39 is 0 Å². The predicted octanol–water partition coefficient (Wildman–Crippen LogP) is 4.57. The summed E-state index contributed by atoms with van der Waals surface area (Å²) in [7, 11) is 0. The van der Waals surface area contributed by atoms with Crippen LogP contribution in [0.25, 0.3) is 11.5 Å². The van der Waals surface area contributed by atoms with Crippen molar-refractivity contribution in [2.45, 2.75) is 56.9 Å². The van der Waals surface area contributed by atoms with Gasteiger partial charge < -0.3 is 4.42 Å². The van der Waals surface area contributed by atoms with Crippen LogP contribution in [-0.4, -0.2) is 25.4 Å². The third-order valence-corrected chi connectivity index (χ3v) is 4.65. The zero-order valence-corrected chi connectivity index (χ0v) is 16.0. The number of thioether (sulfide) groups is 1. The topological polar surface area (TPSA) is 80.5 Å². The molecule has 0 aliphatic heterocycles. The Morgan fingerprint density at radius 1 is 1.12 bits per heavy atom. The molecule has 7 heteroatoms. The number of H-pyrrole nitrogens is 1. The fraction of sp³-hybridized carbons (Fsp3) is 0.444. The number of aromatic amines is 1. The summed E-state index contributed by atoms with van der Waals surface area (Å²) in [4.78, 5) is 4.43. The number of benzene rings is 1. The summed E-state index contributed by atoms with van der Waals surface area (Å²) in [6, 6.07) is 8.26. The van der Waals surface area contributed by atoms with Gasteiger partial charge in [-0.25, -0.2) is 4.98 Å². The summed E-state index contributed by atoms with van der Waals surface area (Å²) in [5.41, 5.74) is 2.33. The molecule has 2 aromatic heterocycles. The minimum absolute atomic E-state index is 0.126. The van der Waals surface area contributed by atoms with E-state index in [-0.39, 0.29) is 5.41 Å². The van der Waals surface area contributed by atoms with Crippen LogP contribution in [0.15, 0.2) is 33.8 Å². The van der Waals surface area contributed by atoms with Crippen LogP contribution in [-0.2, 0) is 11.2 Å². The molecule has 3 rings (SSSR count). The van der Waals surface area contributed by atoms with Crippen molar-refractivity contribution >= 4 is 11.8 Å². The van der Waals surface area contributed by atoms with E-state index in [9.17, 15) is 0 Å². The fourth-order valence-electron chi connectivity index (χ4n) is 2.25. The van der Waals surface area contributed by atoms with Crippen molar-refractivity contribution < 1.29 is 4.42 Å². The Kier molecular flexibility index (Phi) is 4.94. The molecular formula is C18H23N5OS. The Hall–Kier alpha value is -2.15. The second-order valence-electron chi connectivity index (χ2n) is 7.27. The van der Waals surface area contributed by atoms with Gasteiger partial charge in [-0.15, -0.1) is 15.3 Å². The van der Waals surface area contributed by atoms with E-state index in [4.69, 9.17) is 4.42 Å². The number of hydrogen-bond donors (Lipinski definition) is 1. The monoisotopic (exact) mass is 357 g/mol. The van der Waals surface area contributed by atoms with Crippen molar-refractivity contribution in [1.29, 1.82) is 0 Å². The van der Waals surface area contributed by atoms with Crippen molar-refractivity contribution in [3.63, 3.8) is 0 Å². The minimum atomic E-state index is 0.126. The lowest BCUT2D eigenvalue weighted by molar-refractivity contribution is 0.528. The molecule has 0 aliphatic carbocycles. The molecule has 0 fully saturated rings. The van der Waals surface area contributed by atoms with E-state index >= 15 is 0 Å². The molecule has 132 valence electrons. The average molecular weight is 357 g/mol. The smallest absolute Gasteiger partial charge is 0.247 e. The van der Waals surface area contributed by atoms with Crippen LogP contribution >= 0.6 is 11.8 Å². The van der Waals surface area contributed by atoms with Gasteiger partial charge in [0.1, 0.15) is 5.82 Å². The van der Waals surface area contributed by atoms with Gasteiger partial charge >= 0.3 is 0 Å². The zero-order valence-electron chi connectivity index (χ0n) is 15.2. The number of hydrogen-bond acceptors (Lipinski definition) is 6. The molecular weight excluding hydrogens is 334 g/mol. The minimum Gasteiger partial charge on any atom is -0.420 e. The molecule has 0 saturated carbocycles. The molecule has 0 atom stereocenters. The van der Waals surface area contributed by atoms with Crippen LogP contribution in [0.3, 0.4) is 0 Å². The summed E-state index contributed by atoms with van der Waals surface area (Å²) >= 11 is 1.48. The third kappa shape index (κ3) is 4.28. The van der Waals surface area contributed by atoms with Crippen molar-refractivity contribution in [3.05, 3.63) is 41.5 Å². The Balaban J connectivity index is 1.65. The highest BCUT2D eigenvalue weighted by Gasteiger charge is 2.15. The van der Waals surface area contributed by atoms with E-state index in [1.807, 2.05) is 12.1 Å². The van der Waals surface area contributed by atoms with Gasteiger partial charge in [0, 0.05) is 11.5 Å².